The van der Waals surface area contributed by atoms with Crippen LogP contribution >= 0.6 is 45.2 Å². The normalized spacial score (nSPS) is 14.6. The Kier molecular flexibility index (Phi) is 6.02. The molecule has 2 aromatic carbocycles. The lowest BCUT2D eigenvalue weighted by Gasteiger charge is -2.16. The zero-order valence-electron chi connectivity index (χ0n) is 13.4. The fourth-order valence-corrected chi connectivity index (χ4v) is 4.64. The first kappa shape index (κ1) is 18.0. The van der Waals surface area contributed by atoms with Gasteiger partial charge in [0.25, 0.3) is 5.91 Å². The van der Waals surface area contributed by atoms with Crippen molar-refractivity contribution >= 4 is 56.8 Å². The lowest BCUT2D eigenvalue weighted by atomic mass is 10.1. The predicted octanol–water partition coefficient (Wildman–Crippen LogP) is 5.78. The van der Waals surface area contributed by atoms with Gasteiger partial charge >= 0.3 is 0 Å². The summed E-state index contributed by atoms with van der Waals surface area (Å²) >= 11 is 4.48. The van der Waals surface area contributed by atoms with E-state index >= 15 is 0 Å². The number of carbonyl (C=O) groups excluding carboxylic acids is 1. The SMILES string of the molecule is Cc1ccc(C(=O)Nc2c(I)cccc2I)cc1OC1CCCC1. The Morgan fingerprint density at radius 1 is 1.12 bits per heavy atom. The minimum Gasteiger partial charge on any atom is -0.490 e. The van der Waals surface area contributed by atoms with Crippen LogP contribution in [0.25, 0.3) is 0 Å². The first-order valence-electron chi connectivity index (χ1n) is 8.07. The topological polar surface area (TPSA) is 38.3 Å². The molecular weight excluding hydrogens is 528 g/mol. The van der Waals surface area contributed by atoms with Crippen LogP contribution in [0.3, 0.4) is 0 Å². The summed E-state index contributed by atoms with van der Waals surface area (Å²) in [5.74, 6) is 0.723. The smallest absolute Gasteiger partial charge is 0.255 e. The van der Waals surface area contributed by atoms with Crippen LogP contribution < -0.4 is 10.1 Å². The van der Waals surface area contributed by atoms with Gasteiger partial charge in [-0.2, -0.15) is 0 Å². The van der Waals surface area contributed by atoms with E-state index in [0.717, 1.165) is 37.0 Å². The maximum atomic E-state index is 12.6. The van der Waals surface area contributed by atoms with Gasteiger partial charge in [-0.3, -0.25) is 4.79 Å². The van der Waals surface area contributed by atoms with Crippen molar-refractivity contribution < 1.29 is 9.53 Å². The summed E-state index contributed by atoms with van der Waals surface area (Å²) in [6.07, 6.45) is 4.97. The van der Waals surface area contributed by atoms with E-state index in [9.17, 15) is 4.79 Å². The van der Waals surface area contributed by atoms with E-state index in [1.165, 1.54) is 12.8 Å². The first-order chi connectivity index (χ1) is 11.5. The highest BCUT2D eigenvalue weighted by atomic mass is 127. The van der Waals surface area contributed by atoms with Crippen LogP contribution in [0.15, 0.2) is 36.4 Å². The van der Waals surface area contributed by atoms with E-state index in [4.69, 9.17) is 4.74 Å². The van der Waals surface area contributed by atoms with E-state index < -0.39 is 0 Å². The maximum Gasteiger partial charge on any atom is 0.255 e. The van der Waals surface area contributed by atoms with Crippen molar-refractivity contribution in [2.75, 3.05) is 5.32 Å². The van der Waals surface area contributed by atoms with Gasteiger partial charge < -0.3 is 10.1 Å². The molecular formula is C19H19I2NO2. The molecule has 3 nitrogen and oxygen atoms in total. The van der Waals surface area contributed by atoms with Gasteiger partial charge in [-0.15, -0.1) is 0 Å². The Morgan fingerprint density at radius 3 is 2.46 bits per heavy atom. The zero-order valence-corrected chi connectivity index (χ0v) is 17.8. The lowest BCUT2D eigenvalue weighted by molar-refractivity contribution is 0.102. The molecule has 1 aliphatic rings. The van der Waals surface area contributed by atoms with Crippen LogP contribution in [0.4, 0.5) is 5.69 Å². The van der Waals surface area contributed by atoms with Gasteiger partial charge in [-0.1, -0.05) is 12.1 Å². The predicted molar refractivity (Wildman–Crippen MR) is 114 cm³/mol. The highest BCUT2D eigenvalue weighted by Crippen LogP contribution is 2.29. The number of carbonyl (C=O) groups is 1. The minimum atomic E-state index is -0.103. The molecule has 24 heavy (non-hydrogen) atoms. The number of hydrogen-bond donors (Lipinski definition) is 1. The molecule has 1 fully saturated rings. The number of rotatable bonds is 4. The number of aryl methyl sites for hydroxylation is 1. The summed E-state index contributed by atoms with van der Waals surface area (Å²) in [5, 5.41) is 3.03. The van der Waals surface area contributed by atoms with Crippen molar-refractivity contribution in [3.05, 3.63) is 54.7 Å². The highest BCUT2D eigenvalue weighted by molar-refractivity contribution is 14.1. The summed E-state index contributed by atoms with van der Waals surface area (Å²) in [6.45, 7) is 2.02. The van der Waals surface area contributed by atoms with Crippen molar-refractivity contribution in [2.24, 2.45) is 0 Å². The number of hydrogen-bond acceptors (Lipinski definition) is 2. The Balaban J connectivity index is 1.79. The van der Waals surface area contributed by atoms with Gasteiger partial charge in [-0.25, -0.2) is 0 Å². The molecule has 0 heterocycles. The standard InChI is InChI=1S/C19H19I2NO2/c1-12-9-10-13(11-17(12)24-14-5-2-3-6-14)19(23)22-18-15(20)7-4-8-16(18)21/h4,7-11,14H,2-3,5-6H2,1H3,(H,22,23). The number of halogens is 2. The molecule has 2 aromatic rings. The molecule has 1 amide bonds. The van der Waals surface area contributed by atoms with Gasteiger partial charge in [0, 0.05) is 12.7 Å². The van der Waals surface area contributed by atoms with Crippen molar-refractivity contribution in [3.8, 4) is 5.75 Å². The Bertz CT molecular complexity index is 735. The largest absolute Gasteiger partial charge is 0.490 e. The summed E-state index contributed by atoms with van der Waals surface area (Å²) in [5.41, 5.74) is 2.56. The van der Waals surface area contributed by atoms with Gasteiger partial charge in [-0.05, 0) is 108 Å². The van der Waals surface area contributed by atoms with E-state index in [0.29, 0.717) is 5.56 Å². The fourth-order valence-electron chi connectivity index (χ4n) is 2.86. The molecule has 5 heteroatoms. The Morgan fingerprint density at radius 2 is 1.79 bits per heavy atom. The molecule has 0 spiro atoms. The minimum absolute atomic E-state index is 0.103. The third-order valence-electron chi connectivity index (χ3n) is 4.25. The van der Waals surface area contributed by atoms with E-state index in [-0.39, 0.29) is 12.0 Å². The molecule has 0 saturated heterocycles. The number of para-hydroxylation sites is 1. The molecule has 0 bridgehead atoms. The fraction of sp³-hybridized carbons (Fsp3) is 0.316. The van der Waals surface area contributed by atoms with Gasteiger partial charge in [0.15, 0.2) is 0 Å². The lowest BCUT2D eigenvalue weighted by Crippen LogP contribution is -2.15. The molecule has 0 radical (unpaired) electrons. The van der Waals surface area contributed by atoms with Crippen molar-refractivity contribution in [3.63, 3.8) is 0 Å². The molecule has 0 aliphatic heterocycles. The van der Waals surface area contributed by atoms with E-state index in [2.05, 4.69) is 50.5 Å². The summed E-state index contributed by atoms with van der Waals surface area (Å²) in [4.78, 5) is 12.6. The van der Waals surface area contributed by atoms with Crippen LogP contribution in [0.2, 0.25) is 0 Å². The van der Waals surface area contributed by atoms with Crippen LogP contribution in [0.1, 0.15) is 41.6 Å². The van der Waals surface area contributed by atoms with E-state index in [1.54, 1.807) is 0 Å². The summed E-state index contributed by atoms with van der Waals surface area (Å²) < 4.78 is 8.17. The molecule has 1 N–H and O–H groups in total. The van der Waals surface area contributed by atoms with Crippen LogP contribution in [0, 0.1) is 14.1 Å². The van der Waals surface area contributed by atoms with Crippen molar-refractivity contribution in [1.82, 2.24) is 0 Å². The molecule has 0 atom stereocenters. The van der Waals surface area contributed by atoms with Crippen molar-refractivity contribution in [1.29, 1.82) is 0 Å². The number of amides is 1. The van der Waals surface area contributed by atoms with Crippen molar-refractivity contribution in [2.45, 2.75) is 38.7 Å². The second-order valence-corrected chi connectivity index (χ2v) is 8.38. The summed E-state index contributed by atoms with van der Waals surface area (Å²) in [6, 6.07) is 11.6. The monoisotopic (exact) mass is 547 g/mol. The summed E-state index contributed by atoms with van der Waals surface area (Å²) in [7, 11) is 0. The van der Waals surface area contributed by atoms with Gasteiger partial charge in [0.1, 0.15) is 5.75 Å². The number of benzene rings is 2. The maximum absolute atomic E-state index is 12.6. The second kappa shape index (κ2) is 8.03. The van der Waals surface area contributed by atoms with E-state index in [1.807, 2.05) is 43.3 Å². The number of ether oxygens (including phenoxy) is 1. The Hall–Kier alpha value is -0.830. The average molecular weight is 547 g/mol. The molecule has 0 aromatic heterocycles. The quantitative estimate of drug-likeness (QED) is 0.494. The van der Waals surface area contributed by atoms with Crippen LogP contribution in [-0.4, -0.2) is 12.0 Å². The van der Waals surface area contributed by atoms with Gasteiger partial charge in [0.05, 0.1) is 11.8 Å². The molecule has 3 rings (SSSR count). The third-order valence-corrected chi connectivity index (χ3v) is 6.05. The number of nitrogens with one attached hydrogen (secondary N) is 1. The third kappa shape index (κ3) is 4.22. The number of anilines is 1. The van der Waals surface area contributed by atoms with Crippen LogP contribution in [0.5, 0.6) is 5.75 Å². The van der Waals surface area contributed by atoms with Gasteiger partial charge in [0.2, 0.25) is 0 Å². The highest BCUT2D eigenvalue weighted by Gasteiger charge is 2.18. The first-order valence-corrected chi connectivity index (χ1v) is 10.2. The molecule has 1 saturated carbocycles. The average Bonchev–Trinajstić information content (AvgIpc) is 3.06. The second-order valence-electron chi connectivity index (χ2n) is 6.06. The molecule has 0 unspecified atom stereocenters. The Labute approximate surface area is 169 Å². The molecule has 1 aliphatic carbocycles. The van der Waals surface area contributed by atoms with Crippen LogP contribution in [-0.2, 0) is 0 Å². The molecule has 126 valence electrons. The zero-order chi connectivity index (χ0) is 17.1.